The van der Waals surface area contributed by atoms with Crippen molar-refractivity contribution in [2.75, 3.05) is 18.2 Å². The Morgan fingerprint density at radius 1 is 1.23 bits per heavy atom. The van der Waals surface area contributed by atoms with E-state index >= 15 is 0 Å². The molecule has 6 heteroatoms. The monoisotopic (exact) mass is 317 g/mol. The molecule has 2 rings (SSSR count). The highest BCUT2D eigenvalue weighted by molar-refractivity contribution is 7.99. The molecule has 1 aromatic heterocycles. The van der Waals surface area contributed by atoms with Gasteiger partial charge in [-0.3, -0.25) is 4.79 Å². The number of nitrogens with zero attached hydrogens (tertiary/aromatic N) is 2. The summed E-state index contributed by atoms with van der Waals surface area (Å²) in [4.78, 5) is 20.8. The molecule has 5 nitrogen and oxygen atoms in total. The number of aryl methyl sites for hydroxylation is 2. The zero-order valence-electron chi connectivity index (χ0n) is 13.1. The van der Waals surface area contributed by atoms with Gasteiger partial charge in [0.2, 0.25) is 5.91 Å². The molecular formula is C16H19N3O2S. The third kappa shape index (κ3) is 4.21. The summed E-state index contributed by atoms with van der Waals surface area (Å²) in [7, 11) is 1.59. The Labute approximate surface area is 134 Å². The first-order valence-corrected chi connectivity index (χ1v) is 7.86. The molecule has 0 atom stereocenters. The molecule has 0 aliphatic carbocycles. The maximum Gasteiger partial charge on any atom is 0.234 e. The Bertz CT molecular complexity index is 666. The Hall–Kier alpha value is -2.08. The van der Waals surface area contributed by atoms with Gasteiger partial charge in [-0.05, 0) is 38.5 Å². The van der Waals surface area contributed by atoms with Crippen LogP contribution in [0.2, 0.25) is 0 Å². The van der Waals surface area contributed by atoms with E-state index in [1.54, 1.807) is 13.2 Å². The minimum atomic E-state index is -0.0993. The normalized spacial score (nSPS) is 10.4. The number of carbonyl (C=O) groups excluding carboxylic acids is 1. The molecule has 22 heavy (non-hydrogen) atoms. The molecule has 0 fully saturated rings. The van der Waals surface area contributed by atoms with Crippen LogP contribution in [0.4, 0.5) is 5.69 Å². The minimum Gasteiger partial charge on any atom is -0.497 e. The third-order valence-corrected chi connectivity index (χ3v) is 4.15. The quantitative estimate of drug-likeness (QED) is 0.678. The number of nitrogens with one attached hydrogen (secondary N) is 1. The summed E-state index contributed by atoms with van der Waals surface area (Å²) in [5.41, 5.74) is 3.69. The van der Waals surface area contributed by atoms with E-state index in [0.717, 1.165) is 17.0 Å². The van der Waals surface area contributed by atoms with Crippen LogP contribution < -0.4 is 10.1 Å². The number of aromatic nitrogens is 2. The Balaban J connectivity index is 1.95. The van der Waals surface area contributed by atoms with E-state index in [1.165, 1.54) is 11.8 Å². The van der Waals surface area contributed by atoms with Crippen molar-refractivity contribution in [2.45, 2.75) is 25.9 Å². The Morgan fingerprint density at radius 3 is 2.55 bits per heavy atom. The molecule has 0 radical (unpaired) electrons. The van der Waals surface area contributed by atoms with Crippen LogP contribution >= 0.6 is 11.8 Å². The summed E-state index contributed by atoms with van der Waals surface area (Å²) in [6, 6.07) is 7.26. The lowest BCUT2D eigenvalue weighted by molar-refractivity contribution is -0.113. The number of hydrogen-bond donors (Lipinski definition) is 1. The van der Waals surface area contributed by atoms with E-state index < -0.39 is 0 Å². The van der Waals surface area contributed by atoms with Crippen molar-refractivity contribution < 1.29 is 9.53 Å². The molecule has 1 aromatic carbocycles. The van der Waals surface area contributed by atoms with Crippen molar-refractivity contribution in [1.82, 2.24) is 9.97 Å². The van der Waals surface area contributed by atoms with Gasteiger partial charge in [0.05, 0.1) is 12.9 Å². The highest BCUT2D eigenvalue weighted by atomic mass is 32.2. The molecule has 0 saturated heterocycles. The van der Waals surface area contributed by atoms with E-state index in [0.29, 0.717) is 16.6 Å². The number of hydrogen-bond acceptors (Lipinski definition) is 5. The largest absolute Gasteiger partial charge is 0.497 e. The number of amides is 1. The average molecular weight is 317 g/mol. The molecule has 0 unspecified atom stereocenters. The number of benzene rings is 1. The van der Waals surface area contributed by atoms with Crippen LogP contribution in [-0.2, 0) is 4.79 Å². The molecule has 0 spiro atoms. The summed E-state index contributed by atoms with van der Waals surface area (Å²) in [5.74, 6) is 0.871. The lowest BCUT2D eigenvalue weighted by Crippen LogP contribution is -2.14. The maximum atomic E-state index is 12.0. The first-order chi connectivity index (χ1) is 10.5. The lowest BCUT2D eigenvalue weighted by Gasteiger charge is -2.08. The molecule has 0 aliphatic heterocycles. The minimum absolute atomic E-state index is 0.0993. The predicted molar refractivity (Wildman–Crippen MR) is 88.6 cm³/mol. The number of anilines is 1. The fourth-order valence-electron chi connectivity index (χ4n) is 1.83. The number of thioether (sulfide) groups is 1. The number of ether oxygens (including phenoxy) is 1. The van der Waals surface area contributed by atoms with Crippen LogP contribution in [0, 0.1) is 20.8 Å². The molecule has 0 aliphatic rings. The van der Waals surface area contributed by atoms with E-state index in [9.17, 15) is 4.79 Å². The van der Waals surface area contributed by atoms with Gasteiger partial charge in [0, 0.05) is 23.1 Å². The van der Waals surface area contributed by atoms with Crippen LogP contribution in [0.5, 0.6) is 5.75 Å². The smallest absolute Gasteiger partial charge is 0.234 e. The second kappa shape index (κ2) is 7.26. The number of rotatable bonds is 5. The Kier molecular flexibility index (Phi) is 5.38. The predicted octanol–water partition coefficient (Wildman–Crippen LogP) is 3.14. The molecule has 1 N–H and O–H groups in total. The second-order valence-electron chi connectivity index (χ2n) is 4.87. The standard InChI is InChI=1S/C16H19N3O2S/c1-10-11(2)17-16(18-12(10)3)22-9-15(20)19-13-6-5-7-14(8-13)21-4/h5-8H,9H2,1-4H3,(H,19,20). The van der Waals surface area contributed by atoms with Crippen molar-refractivity contribution in [3.8, 4) is 5.75 Å². The number of methoxy groups -OCH3 is 1. The fourth-order valence-corrected chi connectivity index (χ4v) is 2.57. The summed E-state index contributed by atoms with van der Waals surface area (Å²) in [5, 5.41) is 3.46. The van der Waals surface area contributed by atoms with Crippen LogP contribution in [0.3, 0.4) is 0 Å². The maximum absolute atomic E-state index is 12.0. The Morgan fingerprint density at radius 2 is 1.91 bits per heavy atom. The van der Waals surface area contributed by atoms with Crippen LogP contribution in [0.1, 0.15) is 17.0 Å². The van der Waals surface area contributed by atoms with Crippen molar-refractivity contribution >= 4 is 23.4 Å². The van der Waals surface area contributed by atoms with Crippen LogP contribution in [-0.4, -0.2) is 28.7 Å². The topological polar surface area (TPSA) is 64.1 Å². The molecule has 2 aromatic rings. The van der Waals surface area contributed by atoms with Crippen molar-refractivity contribution in [3.63, 3.8) is 0 Å². The number of carbonyl (C=O) groups is 1. The molecular weight excluding hydrogens is 298 g/mol. The van der Waals surface area contributed by atoms with E-state index in [1.807, 2.05) is 39.0 Å². The summed E-state index contributed by atoms with van der Waals surface area (Å²) < 4.78 is 5.13. The second-order valence-corrected chi connectivity index (χ2v) is 5.81. The van der Waals surface area contributed by atoms with Gasteiger partial charge in [0.15, 0.2) is 5.16 Å². The van der Waals surface area contributed by atoms with E-state index in [4.69, 9.17) is 4.74 Å². The third-order valence-electron chi connectivity index (χ3n) is 3.30. The molecule has 116 valence electrons. The first kappa shape index (κ1) is 16.3. The van der Waals surface area contributed by atoms with Gasteiger partial charge >= 0.3 is 0 Å². The van der Waals surface area contributed by atoms with Crippen LogP contribution in [0.25, 0.3) is 0 Å². The van der Waals surface area contributed by atoms with Gasteiger partial charge in [0.25, 0.3) is 0 Å². The van der Waals surface area contributed by atoms with Gasteiger partial charge in [0.1, 0.15) is 5.75 Å². The molecule has 1 heterocycles. The highest BCUT2D eigenvalue weighted by Crippen LogP contribution is 2.19. The molecule has 0 bridgehead atoms. The van der Waals surface area contributed by atoms with Gasteiger partial charge in [-0.2, -0.15) is 0 Å². The van der Waals surface area contributed by atoms with Crippen molar-refractivity contribution in [1.29, 1.82) is 0 Å². The summed E-state index contributed by atoms with van der Waals surface area (Å²) in [6.45, 7) is 5.89. The lowest BCUT2D eigenvalue weighted by atomic mass is 10.2. The van der Waals surface area contributed by atoms with E-state index in [-0.39, 0.29) is 11.7 Å². The van der Waals surface area contributed by atoms with Gasteiger partial charge in [-0.25, -0.2) is 9.97 Å². The van der Waals surface area contributed by atoms with Gasteiger partial charge in [-0.1, -0.05) is 17.8 Å². The average Bonchev–Trinajstić information content (AvgIpc) is 2.50. The van der Waals surface area contributed by atoms with E-state index in [2.05, 4.69) is 15.3 Å². The zero-order valence-corrected chi connectivity index (χ0v) is 14.0. The van der Waals surface area contributed by atoms with Gasteiger partial charge in [-0.15, -0.1) is 0 Å². The van der Waals surface area contributed by atoms with Gasteiger partial charge < -0.3 is 10.1 Å². The highest BCUT2D eigenvalue weighted by Gasteiger charge is 2.09. The zero-order chi connectivity index (χ0) is 16.1. The van der Waals surface area contributed by atoms with Crippen molar-refractivity contribution in [2.24, 2.45) is 0 Å². The molecule has 1 amide bonds. The fraction of sp³-hybridized carbons (Fsp3) is 0.312. The van der Waals surface area contributed by atoms with Crippen molar-refractivity contribution in [3.05, 3.63) is 41.2 Å². The molecule has 0 saturated carbocycles. The summed E-state index contributed by atoms with van der Waals surface area (Å²) in [6.07, 6.45) is 0. The first-order valence-electron chi connectivity index (χ1n) is 6.88. The van der Waals surface area contributed by atoms with Crippen LogP contribution in [0.15, 0.2) is 29.4 Å². The summed E-state index contributed by atoms with van der Waals surface area (Å²) >= 11 is 1.33. The SMILES string of the molecule is COc1cccc(NC(=O)CSc2nc(C)c(C)c(C)n2)c1.